The van der Waals surface area contributed by atoms with Crippen LogP contribution in [0.3, 0.4) is 0 Å². The Kier molecular flexibility index (Phi) is 6.29. The van der Waals surface area contributed by atoms with E-state index in [0.717, 1.165) is 0 Å². The maximum absolute atomic E-state index is 11.5. The lowest BCUT2D eigenvalue weighted by atomic mass is 9.69. The monoisotopic (exact) mass is 240 g/mol. The van der Waals surface area contributed by atoms with Crippen molar-refractivity contribution in [1.82, 2.24) is 0 Å². The van der Waals surface area contributed by atoms with Gasteiger partial charge in [-0.15, -0.1) is 0 Å². The van der Waals surface area contributed by atoms with Gasteiger partial charge in [0.25, 0.3) is 0 Å². The minimum Gasteiger partial charge on any atom is -0.300 e. The van der Waals surface area contributed by atoms with Gasteiger partial charge in [0.05, 0.1) is 0 Å². The Morgan fingerprint density at radius 2 is 1.41 bits per heavy atom. The zero-order chi connectivity index (χ0) is 13.7. The van der Waals surface area contributed by atoms with Crippen LogP contribution in [0.25, 0.3) is 0 Å². The first-order chi connectivity index (χ1) is 7.73. The summed E-state index contributed by atoms with van der Waals surface area (Å²) in [5.74, 6) is -0.361. The van der Waals surface area contributed by atoms with E-state index in [1.165, 1.54) is 0 Å². The topological polar surface area (TPSA) is 51.2 Å². The maximum atomic E-state index is 11.5. The molecule has 0 aliphatic rings. The molecule has 0 spiro atoms. The van der Waals surface area contributed by atoms with Crippen LogP contribution in [0.1, 0.15) is 41.5 Å². The lowest BCUT2D eigenvalue weighted by Gasteiger charge is -2.34. The fraction of sp³-hybridized carbons (Fsp3) is 0.786. The number of Topliss-reactive ketones (excluding diaryl/α,β-unsaturated/α-hetero) is 2. The van der Waals surface area contributed by atoms with E-state index in [2.05, 4.69) is 13.8 Å². The Morgan fingerprint density at radius 1 is 0.941 bits per heavy atom. The zero-order valence-corrected chi connectivity index (χ0v) is 11.7. The summed E-state index contributed by atoms with van der Waals surface area (Å²) in [5.41, 5.74) is 0. The molecule has 0 radical (unpaired) electrons. The van der Waals surface area contributed by atoms with E-state index in [1.807, 2.05) is 13.8 Å². The first kappa shape index (κ1) is 16.0. The van der Waals surface area contributed by atoms with Crippen LogP contribution >= 0.6 is 0 Å². The van der Waals surface area contributed by atoms with Crippen LogP contribution in [0.4, 0.5) is 0 Å². The summed E-state index contributed by atoms with van der Waals surface area (Å²) in [6, 6.07) is 0. The fourth-order valence-corrected chi connectivity index (χ4v) is 2.36. The van der Waals surface area contributed by atoms with Crippen molar-refractivity contribution >= 4 is 17.9 Å². The Balaban J connectivity index is 5.16. The van der Waals surface area contributed by atoms with Crippen LogP contribution in [0.2, 0.25) is 0 Å². The van der Waals surface area contributed by atoms with Crippen LogP contribution < -0.4 is 0 Å². The molecule has 0 aliphatic heterocycles. The largest absolute Gasteiger partial charge is 0.300 e. The van der Waals surface area contributed by atoms with Crippen molar-refractivity contribution in [2.45, 2.75) is 41.5 Å². The highest BCUT2D eigenvalue weighted by atomic mass is 16.2. The Hall–Kier alpha value is -0.990. The van der Waals surface area contributed by atoms with E-state index < -0.39 is 5.78 Å². The van der Waals surface area contributed by atoms with Gasteiger partial charge in [-0.25, -0.2) is 0 Å². The molecular weight excluding hydrogens is 216 g/mol. The van der Waals surface area contributed by atoms with Crippen LogP contribution in [-0.4, -0.2) is 17.9 Å². The molecule has 0 heterocycles. The first-order valence-electron chi connectivity index (χ1n) is 6.23. The van der Waals surface area contributed by atoms with Gasteiger partial charge in [-0.05, 0) is 24.7 Å². The minimum absolute atomic E-state index is 0.0646. The predicted octanol–water partition coefficient (Wildman–Crippen LogP) is 2.52. The summed E-state index contributed by atoms with van der Waals surface area (Å²) < 4.78 is 0. The molecule has 0 bridgehead atoms. The number of carbonyl (C=O) groups excluding carboxylic acids is 3. The molecule has 0 aromatic heterocycles. The lowest BCUT2D eigenvalue weighted by Crippen LogP contribution is -2.36. The third kappa shape index (κ3) is 4.06. The molecule has 4 unspecified atom stereocenters. The van der Waals surface area contributed by atoms with Gasteiger partial charge in [0.1, 0.15) is 5.78 Å². The molecule has 0 saturated carbocycles. The summed E-state index contributed by atoms with van der Waals surface area (Å²) in [6.07, 6.45) is 0.373. The second-order valence-corrected chi connectivity index (χ2v) is 5.39. The number of hydrogen-bond donors (Lipinski definition) is 0. The average Bonchev–Trinajstić information content (AvgIpc) is 2.27. The lowest BCUT2D eigenvalue weighted by molar-refractivity contribution is -0.135. The van der Waals surface area contributed by atoms with Crippen LogP contribution in [0.15, 0.2) is 0 Å². The molecule has 0 saturated heterocycles. The molecule has 0 aromatic rings. The third-order valence-electron chi connectivity index (χ3n) is 4.02. The molecule has 0 aliphatic carbocycles. The summed E-state index contributed by atoms with van der Waals surface area (Å²) in [4.78, 5) is 33.7. The fourth-order valence-electron chi connectivity index (χ4n) is 2.36. The average molecular weight is 240 g/mol. The maximum Gasteiger partial charge on any atom is 0.198 e. The number of rotatable bonds is 7. The van der Waals surface area contributed by atoms with E-state index in [0.29, 0.717) is 12.2 Å². The van der Waals surface area contributed by atoms with Crippen molar-refractivity contribution in [3.05, 3.63) is 0 Å². The Labute approximate surface area is 104 Å². The van der Waals surface area contributed by atoms with E-state index in [1.54, 1.807) is 13.8 Å². The Bertz CT molecular complexity index is 294. The highest BCUT2D eigenvalue weighted by Crippen LogP contribution is 2.34. The number of hydrogen-bond acceptors (Lipinski definition) is 3. The predicted molar refractivity (Wildman–Crippen MR) is 67.6 cm³/mol. The molecule has 0 aromatic carbocycles. The van der Waals surface area contributed by atoms with Crippen molar-refractivity contribution in [3.63, 3.8) is 0 Å². The van der Waals surface area contributed by atoms with Gasteiger partial charge in [-0.3, -0.25) is 14.4 Å². The van der Waals surface area contributed by atoms with Crippen molar-refractivity contribution in [1.29, 1.82) is 0 Å². The van der Waals surface area contributed by atoms with Crippen LogP contribution in [-0.2, 0) is 14.4 Å². The van der Waals surface area contributed by atoms with Crippen LogP contribution in [0, 0.1) is 29.6 Å². The molecule has 3 heteroatoms. The molecule has 0 fully saturated rings. The van der Waals surface area contributed by atoms with E-state index >= 15 is 0 Å². The minimum atomic E-state index is -0.407. The number of aldehydes is 1. The van der Waals surface area contributed by atoms with E-state index in [4.69, 9.17) is 0 Å². The van der Waals surface area contributed by atoms with Gasteiger partial charge in [-0.2, -0.15) is 0 Å². The van der Waals surface area contributed by atoms with Crippen molar-refractivity contribution in [2.75, 3.05) is 0 Å². The molecule has 17 heavy (non-hydrogen) atoms. The second kappa shape index (κ2) is 6.67. The number of ketones is 2. The van der Waals surface area contributed by atoms with Gasteiger partial charge in [0, 0.05) is 11.8 Å². The summed E-state index contributed by atoms with van der Waals surface area (Å²) in [6.45, 7) is 11.3. The quantitative estimate of drug-likeness (QED) is 0.507. The highest BCUT2D eigenvalue weighted by Gasteiger charge is 2.35. The normalized spacial score (nSPS) is 18.3. The molecule has 0 amide bonds. The molecule has 0 N–H and O–H groups in total. The molecular formula is C14H24O3. The van der Waals surface area contributed by atoms with E-state index in [9.17, 15) is 14.4 Å². The van der Waals surface area contributed by atoms with Crippen molar-refractivity contribution in [2.24, 2.45) is 29.6 Å². The molecule has 0 rings (SSSR count). The molecule has 98 valence electrons. The smallest absolute Gasteiger partial charge is 0.198 e. The molecule has 3 nitrogen and oxygen atoms in total. The number of carbonyl (C=O) groups is 3. The summed E-state index contributed by atoms with van der Waals surface area (Å²) in [5, 5.41) is 0. The first-order valence-corrected chi connectivity index (χ1v) is 6.23. The SMILES string of the molecule is CC(=O)C(C)C(C(C)C(=O)C=O)C(C)C(C)C. The van der Waals surface area contributed by atoms with E-state index in [-0.39, 0.29) is 29.5 Å². The van der Waals surface area contributed by atoms with Gasteiger partial charge in [0.15, 0.2) is 12.1 Å². The van der Waals surface area contributed by atoms with Gasteiger partial charge in [0.2, 0.25) is 0 Å². The highest BCUT2D eigenvalue weighted by molar-refractivity contribution is 6.26. The standard InChI is InChI=1S/C14H24O3/c1-8(2)9(3)14(10(4)12(6)16)11(5)13(17)7-15/h7-11,14H,1-6H3. The van der Waals surface area contributed by atoms with Crippen LogP contribution in [0.5, 0.6) is 0 Å². The zero-order valence-electron chi connectivity index (χ0n) is 11.7. The molecule has 4 atom stereocenters. The summed E-state index contributed by atoms with van der Waals surface area (Å²) in [7, 11) is 0. The second-order valence-electron chi connectivity index (χ2n) is 5.39. The van der Waals surface area contributed by atoms with Crippen molar-refractivity contribution < 1.29 is 14.4 Å². The summed E-state index contributed by atoms with van der Waals surface area (Å²) >= 11 is 0. The Morgan fingerprint density at radius 3 is 1.71 bits per heavy atom. The van der Waals surface area contributed by atoms with Gasteiger partial charge < -0.3 is 0 Å². The van der Waals surface area contributed by atoms with Crippen molar-refractivity contribution in [3.8, 4) is 0 Å². The third-order valence-corrected chi connectivity index (χ3v) is 4.02. The van der Waals surface area contributed by atoms with Gasteiger partial charge >= 0.3 is 0 Å². The van der Waals surface area contributed by atoms with Gasteiger partial charge in [-0.1, -0.05) is 34.6 Å².